The molecule has 1 aromatic rings. The van der Waals surface area contributed by atoms with Crippen molar-refractivity contribution in [1.82, 2.24) is 4.90 Å². The van der Waals surface area contributed by atoms with Gasteiger partial charge >= 0.3 is 0 Å². The molecule has 0 aliphatic carbocycles. The van der Waals surface area contributed by atoms with Crippen molar-refractivity contribution in [3.8, 4) is 0 Å². The summed E-state index contributed by atoms with van der Waals surface area (Å²) in [7, 11) is 1.76. The van der Waals surface area contributed by atoms with Gasteiger partial charge in [0.1, 0.15) is 0 Å². The Morgan fingerprint density at radius 3 is 2.70 bits per heavy atom. The number of carbonyl (C=O) groups excluding carboxylic acids is 2. The van der Waals surface area contributed by atoms with E-state index in [0.717, 1.165) is 17.7 Å². The van der Waals surface area contributed by atoms with Crippen molar-refractivity contribution in [2.45, 2.75) is 32.7 Å². The van der Waals surface area contributed by atoms with E-state index >= 15 is 0 Å². The molecule has 0 spiro atoms. The molecule has 1 fully saturated rings. The summed E-state index contributed by atoms with van der Waals surface area (Å²) in [5, 5.41) is 0. The van der Waals surface area contributed by atoms with Crippen molar-refractivity contribution in [3.63, 3.8) is 0 Å². The molecule has 0 bridgehead atoms. The number of carbonyl (C=O) groups is 2. The van der Waals surface area contributed by atoms with E-state index in [9.17, 15) is 9.59 Å². The minimum Gasteiger partial charge on any atom is -0.341 e. The van der Waals surface area contributed by atoms with Crippen LogP contribution in [0, 0.1) is 5.92 Å². The molecule has 2 N–H and O–H groups in total. The van der Waals surface area contributed by atoms with Gasteiger partial charge in [-0.2, -0.15) is 0 Å². The highest BCUT2D eigenvalue weighted by Gasteiger charge is 2.37. The summed E-state index contributed by atoms with van der Waals surface area (Å²) in [5.41, 5.74) is 7.68. The molecule has 23 heavy (non-hydrogen) atoms. The molecule has 1 aliphatic rings. The minimum atomic E-state index is -0.281. The molecule has 6 heteroatoms. The fraction of sp³-hybridized carbons (Fsp3) is 0.529. The van der Waals surface area contributed by atoms with Gasteiger partial charge in [0.15, 0.2) is 0 Å². The fourth-order valence-corrected chi connectivity index (χ4v) is 2.84. The van der Waals surface area contributed by atoms with Crippen LogP contribution in [0.4, 0.5) is 5.69 Å². The lowest BCUT2D eigenvalue weighted by molar-refractivity contribution is -0.136. The monoisotopic (exact) mass is 339 g/mol. The molecule has 2 unspecified atom stereocenters. The van der Waals surface area contributed by atoms with E-state index in [4.69, 9.17) is 5.73 Å². The second kappa shape index (κ2) is 8.31. The highest BCUT2D eigenvalue weighted by atomic mass is 35.5. The standard InChI is InChI=1S/C17H25N3O2.ClH/c1-4-13-7-5-6-8-15(13)20-11-14(9-16(20)21)17(22)19(3)12(2)10-18;/h5-8,12,14H,4,9-11,18H2,1-3H3;1H. The maximum absolute atomic E-state index is 12.5. The van der Waals surface area contributed by atoms with Gasteiger partial charge in [-0.05, 0) is 25.0 Å². The molecule has 1 saturated heterocycles. The average Bonchev–Trinajstić information content (AvgIpc) is 2.94. The third-order valence-corrected chi connectivity index (χ3v) is 4.49. The van der Waals surface area contributed by atoms with Crippen LogP contribution in [-0.4, -0.2) is 42.9 Å². The second-order valence-corrected chi connectivity index (χ2v) is 5.92. The summed E-state index contributed by atoms with van der Waals surface area (Å²) in [5.74, 6) is -0.257. The third-order valence-electron chi connectivity index (χ3n) is 4.49. The second-order valence-electron chi connectivity index (χ2n) is 5.92. The molecule has 1 heterocycles. The first-order valence-corrected chi connectivity index (χ1v) is 7.84. The summed E-state index contributed by atoms with van der Waals surface area (Å²) >= 11 is 0. The first-order valence-electron chi connectivity index (χ1n) is 7.84. The molecular weight excluding hydrogens is 314 g/mol. The number of benzene rings is 1. The third kappa shape index (κ3) is 4.03. The van der Waals surface area contributed by atoms with E-state index in [0.29, 0.717) is 13.1 Å². The average molecular weight is 340 g/mol. The lowest BCUT2D eigenvalue weighted by atomic mass is 10.1. The summed E-state index contributed by atoms with van der Waals surface area (Å²) in [6.07, 6.45) is 1.14. The van der Waals surface area contributed by atoms with Crippen LogP contribution in [0.3, 0.4) is 0 Å². The molecule has 2 amide bonds. The maximum Gasteiger partial charge on any atom is 0.228 e. The first-order chi connectivity index (χ1) is 10.5. The van der Waals surface area contributed by atoms with Gasteiger partial charge < -0.3 is 15.5 Å². The Bertz CT molecular complexity index is 565. The molecule has 5 nitrogen and oxygen atoms in total. The zero-order valence-corrected chi connectivity index (χ0v) is 14.8. The van der Waals surface area contributed by atoms with E-state index in [1.54, 1.807) is 16.8 Å². The largest absolute Gasteiger partial charge is 0.341 e. The summed E-state index contributed by atoms with van der Waals surface area (Å²) in [6.45, 7) is 4.86. The number of hydrogen-bond donors (Lipinski definition) is 1. The molecule has 0 radical (unpaired) electrons. The van der Waals surface area contributed by atoms with Crippen LogP contribution < -0.4 is 10.6 Å². The molecule has 1 aromatic carbocycles. The van der Waals surface area contributed by atoms with E-state index in [-0.39, 0.29) is 42.6 Å². The highest BCUT2D eigenvalue weighted by Crippen LogP contribution is 2.29. The maximum atomic E-state index is 12.5. The van der Waals surface area contributed by atoms with Crippen molar-refractivity contribution < 1.29 is 9.59 Å². The zero-order chi connectivity index (χ0) is 16.3. The topological polar surface area (TPSA) is 66.6 Å². The SMILES string of the molecule is CCc1ccccc1N1CC(C(=O)N(C)C(C)CN)CC1=O.Cl. The Balaban J connectivity index is 0.00000264. The van der Waals surface area contributed by atoms with Crippen molar-refractivity contribution in [2.75, 3.05) is 25.0 Å². The Hall–Kier alpha value is -1.59. The van der Waals surface area contributed by atoms with Crippen LogP contribution >= 0.6 is 12.4 Å². The fourth-order valence-electron chi connectivity index (χ4n) is 2.84. The summed E-state index contributed by atoms with van der Waals surface area (Å²) < 4.78 is 0. The Labute approximate surface area is 144 Å². The van der Waals surface area contributed by atoms with Crippen LogP contribution in [-0.2, 0) is 16.0 Å². The lowest BCUT2D eigenvalue weighted by Crippen LogP contribution is -2.43. The number of halogens is 1. The Morgan fingerprint density at radius 2 is 2.09 bits per heavy atom. The number of para-hydroxylation sites is 1. The van der Waals surface area contributed by atoms with Gasteiger partial charge in [-0.15, -0.1) is 12.4 Å². The Morgan fingerprint density at radius 1 is 1.43 bits per heavy atom. The zero-order valence-electron chi connectivity index (χ0n) is 14.0. The van der Waals surface area contributed by atoms with Gasteiger partial charge in [0.2, 0.25) is 11.8 Å². The van der Waals surface area contributed by atoms with Crippen LogP contribution in [0.2, 0.25) is 0 Å². The normalized spacial score (nSPS) is 18.5. The van der Waals surface area contributed by atoms with Gasteiger partial charge in [-0.3, -0.25) is 9.59 Å². The van der Waals surface area contributed by atoms with Crippen LogP contribution in [0.15, 0.2) is 24.3 Å². The number of hydrogen-bond acceptors (Lipinski definition) is 3. The molecule has 128 valence electrons. The number of likely N-dealkylation sites (N-methyl/N-ethyl adjacent to an activating group) is 1. The lowest BCUT2D eigenvalue weighted by Gasteiger charge is -2.26. The smallest absolute Gasteiger partial charge is 0.228 e. The van der Waals surface area contributed by atoms with Crippen molar-refractivity contribution in [3.05, 3.63) is 29.8 Å². The molecule has 0 aromatic heterocycles. The number of rotatable bonds is 5. The van der Waals surface area contributed by atoms with Crippen molar-refractivity contribution >= 4 is 29.9 Å². The number of aryl methyl sites for hydroxylation is 1. The van der Waals surface area contributed by atoms with Crippen LogP contribution in [0.1, 0.15) is 25.8 Å². The number of nitrogens with zero attached hydrogens (tertiary/aromatic N) is 2. The van der Waals surface area contributed by atoms with Gasteiger partial charge in [-0.1, -0.05) is 25.1 Å². The van der Waals surface area contributed by atoms with E-state index in [2.05, 4.69) is 6.92 Å². The highest BCUT2D eigenvalue weighted by molar-refractivity contribution is 6.00. The summed E-state index contributed by atoms with van der Waals surface area (Å²) in [4.78, 5) is 28.3. The van der Waals surface area contributed by atoms with Gasteiger partial charge in [0.05, 0.1) is 5.92 Å². The van der Waals surface area contributed by atoms with Crippen LogP contribution in [0.5, 0.6) is 0 Å². The number of amides is 2. The van der Waals surface area contributed by atoms with E-state index in [1.807, 2.05) is 31.2 Å². The molecule has 2 rings (SSSR count). The number of anilines is 1. The molecular formula is C17H26ClN3O2. The van der Waals surface area contributed by atoms with E-state index in [1.165, 1.54) is 0 Å². The van der Waals surface area contributed by atoms with Gasteiger partial charge in [0.25, 0.3) is 0 Å². The van der Waals surface area contributed by atoms with Gasteiger partial charge in [0, 0.05) is 38.3 Å². The first kappa shape index (κ1) is 19.5. The minimum absolute atomic E-state index is 0. The summed E-state index contributed by atoms with van der Waals surface area (Å²) in [6, 6.07) is 7.87. The van der Waals surface area contributed by atoms with E-state index < -0.39 is 0 Å². The molecule has 1 aliphatic heterocycles. The number of nitrogens with two attached hydrogens (primary N) is 1. The quantitative estimate of drug-likeness (QED) is 0.890. The Kier molecular flexibility index (Phi) is 7.03. The van der Waals surface area contributed by atoms with Gasteiger partial charge in [-0.25, -0.2) is 0 Å². The van der Waals surface area contributed by atoms with Crippen molar-refractivity contribution in [2.24, 2.45) is 11.7 Å². The molecule has 0 saturated carbocycles. The molecule has 2 atom stereocenters. The van der Waals surface area contributed by atoms with Crippen LogP contribution in [0.25, 0.3) is 0 Å². The predicted molar refractivity (Wildman–Crippen MR) is 94.8 cm³/mol. The van der Waals surface area contributed by atoms with Crippen molar-refractivity contribution in [1.29, 1.82) is 0 Å². The predicted octanol–water partition coefficient (Wildman–Crippen LogP) is 1.83.